The topological polar surface area (TPSA) is 49.4 Å². The van der Waals surface area contributed by atoms with Gasteiger partial charge in [0.05, 0.1) is 0 Å². The molecule has 0 saturated heterocycles. The zero-order chi connectivity index (χ0) is 22.2. The van der Waals surface area contributed by atoms with Crippen LogP contribution in [0.15, 0.2) is 78.9 Å². The lowest BCUT2D eigenvalue weighted by molar-refractivity contribution is -0.117. The minimum absolute atomic E-state index is 0.0161. The van der Waals surface area contributed by atoms with Crippen LogP contribution in [0.4, 0.5) is 11.4 Å². The summed E-state index contributed by atoms with van der Waals surface area (Å²) in [5.74, 6) is -0.135. The average molecular weight is 413 g/mol. The van der Waals surface area contributed by atoms with Gasteiger partial charge in [-0.05, 0) is 61.7 Å². The first-order chi connectivity index (χ1) is 14.7. The number of carbonyl (C=O) groups is 2. The fourth-order valence-electron chi connectivity index (χ4n) is 5.07. The van der Waals surface area contributed by atoms with Crippen LogP contribution in [0.2, 0.25) is 0 Å². The van der Waals surface area contributed by atoms with E-state index in [0.717, 1.165) is 23.4 Å². The molecule has 0 spiro atoms. The molecule has 3 aromatic rings. The van der Waals surface area contributed by atoms with Crippen molar-refractivity contribution in [3.63, 3.8) is 0 Å². The number of rotatable bonds is 3. The smallest absolute Gasteiger partial charge is 0.255 e. The van der Waals surface area contributed by atoms with E-state index < -0.39 is 0 Å². The molecule has 0 fully saturated rings. The molecule has 1 N–H and O–H groups in total. The summed E-state index contributed by atoms with van der Waals surface area (Å²) in [6.07, 6.45) is 0.771. The first kappa shape index (κ1) is 20.9. The van der Waals surface area contributed by atoms with E-state index in [1.807, 2.05) is 59.5 Å². The summed E-state index contributed by atoms with van der Waals surface area (Å²) in [5, 5.41) is 3.02. The van der Waals surface area contributed by atoms with Gasteiger partial charge in [0, 0.05) is 34.8 Å². The Balaban J connectivity index is 1.83. The van der Waals surface area contributed by atoms with Crippen molar-refractivity contribution >= 4 is 23.2 Å². The first-order valence-corrected chi connectivity index (χ1v) is 10.6. The molecule has 1 aliphatic heterocycles. The average Bonchev–Trinajstić information content (AvgIpc) is 2.74. The van der Waals surface area contributed by atoms with Gasteiger partial charge < -0.3 is 10.2 Å². The largest absolute Gasteiger partial charge is 0.322 e. The molecular weight excluding hydrogens is 384 g/mol. The van der Waals surface area contributed by atoms with Gasteiger partial charge in [0.15, 0.2) is 0 Å². The van der Waals surface area contributed by atoms with Crippen molar-refractivity contribution in [2.45, 2.75) is 45.1 Å². The summed E-state index contributed by atoms with van der Waals surface area (Å²) >= 11 is 0. The summed E-state index contributed by atoms with van der Waals surface area (Å²) < 4.78 is 0. The molecule has 0 bridgehead atoms. The highest BCUT2D eigenvalue weighted by Crippen LogP contribution is 2.51. The van der Waals surface area contributed by atoms with Crippen LogP contribution in [0.25, 0.3) is 0 Å². The lowest BCUT2D eigenvalue weighted by Crippen LogP contribution is -2.55. The molecule has 2 amide bonds. The molecule has 158 valence electrons. The number of nitrogens with one attached hydrogen (secondary N) is 1. The van der Waals surface area contributed by atoms with Gasteiger partial charge in [0.1, 0.15) is 0 Å². The van der Waals surface area contributed by atoms with E-state index in [2.05, 4.69) is 38.2 Å². The Hall–Kier alpha value is -3.40. The number of hydrogen-bond donors (Lipinski definition) is 1. The number of fused-ring (bicyclic) bond motifs is 1. The van der Waals surface area contributed by atoms with Gasteiger partial charge in [0.2, 0.25) is 5.91 Å². The summed E-state index contributed by atoms with van der Waals surface area (Å²) in [7, 11) is 0. The third-order valence-corrected chi connectivity index (χ3v) is 6.24. The van der Waals surface area contributed by atoms with Crippen LogP contribution in [-0.4, -0.2) is 17.4 Å². The molecule has 4 heteroatoms. The van der Waals surface area contributed by atoms with Crippen LogP contribution in [0, 0.1) is 0 Å². The number of hydrogen-bond acceptors (Lipinski definition) is 2. The van der Waals surface area contributed by atoms with E-state index in [1.54, 1.807) is 19.1 Å². The maximum absolute atomic E-state index is 12.7. The number of benzene rings is 3. The highest BCUT2D eigenvalue weighted by Gasteiger charge is 2.47. The van der Waals surface area contributed by atoms with Crippen molar-refractivity contribution in [2.24, 2.45) is 0 Å². The van der Waals surface area contributed by atoms with Crippen molar-refractivity contribution in [1.82, 2.24) is 0 Å². The van der Waals surface area contributed by atoms with Crippen LogP contribution in [-0.2, 0) is 10.2 Å². The second kappa shape index (κ2) is 7.69. The van der Waals surface area contributed by atoms with E-state index in [0.29, 0.717) is 5.56 Å². The molecule has 0 radical (unpaired) electrons. The molecule has 1 aliphatic rings. The second-order valence-corrected chi connectivity index (χ2v) is 9.09. The molecular formula is C27H28N2O2. The van der Waals surface area contributed by atoms with Crippen molar-refractivity contribution in [3.05, 3.63) is 95.6 Å². The van der Waals surface area contributed by atoms with Crippen molar-refractivity contribution in [3.8, 4) is 0 Å². The SMILES string of the molecule is CC(=O)N1c2ccc(NC(=O)c3ccccc3)cc2C(C)(c2ccccc2)CC1(C)C. The van der Waals surface area contributed by atoms with E-state index in [-0.39, 0.29) is 22.8 Å². The number of carbonyl (C=O) groups excluding carboxylic acids is 2. The maximum Gasteiger partial charge on any atom is 0.255 e. The van der Waals surface area contributed by atoms with Crippen LogP contribution in [0.5, 0.6) is 0 Å². The molecule has 1 atom stereocenters. The van der Waals surface area contributed by atoms with Gasteiger partial charge in [0.25, 0.3) is 5.91 Å². The molecule has 0 saturated carbocycles. The van der Waals surface area contributed by atoms with Crippen molar-refractivity contribution in [1.29, 1.82) is 0 Å². The predicted octanol–water partition coefficient (Wildman–Crippen LogP) is 5.78. The van der Waals surface area contributed by atoms with Gasteiger partial charge in [-0.25, -0.2) is 0 Å². The van der Waals surface area contributed by atoms with Crippen LogP contribution >= 0.6 is 0 Å². The Labute approximate surface area is 183 Å². The Kier molecular flexibility index (Phi) is 5.18. The van der Waals surface area contributed by atoms with Gasteiger partial charge >= 0.3 is 0 Å². The minimum Gasteiger partial charge on any atom is -0.322 e. The Morgan fingerprint density at radius 2 is 1.48 bits per heavy atom. The number of anilines is 2. The van der Waals surface area contributed by atoms with E-state index in [4.69, 9.17) is 0 Å². The first-order valence-electron chi connectivity index (χ1n) is 10.6. The van der Waals surface area contributed by atoms with Crippen molar-refractivity contribution < 1.29 is 9.59 Å². The Bertz CT molecular complexity index is 1120. The van der Waals surface area contributed by atoms with Gasteiger partial charge in [-0.2, -0.15) is 0 Å². The maximum atomic E-state index is 12.7. The van der Waals surface area contributed by atoms with Crippen LogP contribution in [0.3, 0.4) is 0 Å². The molecule has 3 aromatic carbocycles. The fourth-order valence-corrected chi connectivity index (χ4v) is 5.07. The summed E-state index contributed by atoms with van der Waals surface area (Å²) in [6, 6.07) is 25.4. The molecule has 1 unspecified atom stereocenters. The summed E-state index contributed by atoms with van der Waals surface area (Å²) in [6.45, 7) is 8.07. The van der Waals surface area contributed by atoms with Gasteiger partial charge in [-0.3, -0.25) is 9.59 Å². The molecule has 0 aliphatic carbocycles. The Morgan fingerprint density at radius 1 is 0.871 bits per heavy atom. The normalized spacial score (nSPS) is 19.4. The minimum atomic E-state index is -0.349. The third kappa shape index (κ3) is 3.74. The molecule has 4 nitrogen and oxygen atoms in total. The monoisotopic (exact) mass is 412 g/mol. The lowest BCUT2D eigenvalue weighted by Gasteiger charge is -2.51. The third-order valence-electron chi connectivity index (χ3n) is 6.24. The summed E-state index contributed by atoms with van der Waals surface area (Å²) in [4.78, 5) is 27.2. The summed E-state index contributed by atoms with van der Waals surface area (Å²) in [5.41, 5.74) is 3.80. The quantitative estimate of drug-likeness (QED) is 0.593. The fraction of sp³-hybridized carbons (Fsp3) is 0.259. The lowest BCUT2D eigenvalue weighted by atomic mass is 9.65. The van der Waals surface area contributed by atoms with Crippen LogP contribution < -0.4 is 10.2 Å². The van der Waals surface area contributed by atoms with E-state index in [1.165, 1.54) is 5.56 Å². The Morgan fingerprint density at radius 3 is 2.10 bits per heavy atom. The number of nitrogens with zero attached hydrogens (tertiary/aromatic N) is 1. The van der Waals surface area contributed by atoms with E-state index >= 15 is 0 Å². The standard InChI is InChI=1S/C27H28N2O2/c1-19(30)29-24-16-15-22(28-25(31)20-11-7-5-8-12-20)17-23(24)27(4,18-26(29,2)3)21-13-9-6-10-14-21/h5-17H,18H2,1-4H3,(H,28,31). The van der Waals surface area contributed by atoms with Crippen LogP contribution in [0.1, 0.15) is 55.6 Å². The van der Waals surface area contributed by atoms with E-state index in [9.17, 15) is 9.59 Å². The number of amides is 2. The van der Waals surface area contributed by atoms with Gasteiger partial charge in [-0.15, -0.1) is 0 Å². The molecule has 0 aromatic heterocycles. The van der Waals surface area contributed by atoms with Crippen molar-refractivity contribution in [2.75, 3.05) is 10.2 Å². The second-order valence-electron chi connectivity index (χ2n) is 9.09. The molecule has 1 heterocycles. The van der Waals surface area contributed by atoms with Gasteiger partial charge in [-0.1, -0.05) is 55.5 Å². The predicted molar refractivity (Wildman–Crippen MR) is 126 cm³/mol. The highest BCUT2D eigenvalue weighted by atomic mass is 16.2. The highest BCUT2D eigenvalue weighted by molar-refractivity contribution is 6.04. The zero-order valence-corrected chi connectivity index (χ0v) is 18.5. The molecule has 4 rings (SSSR count). The zero-order valence-electron chi connectivity index (χ0n) is 18.5. The molecule has 31 heavy (non-hydrogen) atoms.